The lowest BCUT2D eigenvalue weighted by Gasteiger charge is -2.14. The van der Waals surface area contributed by atoms with Gasteiger partial charge in [0.15, 0.2) is 5.65 Å². The first-order valence-electron chi connectivity index (χ1n) is 6.99. The summed E-state index contributed by atoms with van der Waals surface area (Å²) in [5, 5.41) is 17.1. The molecule has 21 heavy (non-hydrogen) atoms. The number of hydrogen-bond donors (Lipinski definition) is 2. The topological polar surface area (TPSA) is 62.5 Å². The number of aromatic nitrogens is 3. The summed E-state index contributed by atoms with van der Waals surface area (Å²) in [6.07, 6.45) is 2.66. The molecular formula is C16H18N4O. The average Bonchev–Trinajstić information content (AvgIpc) is 2.89. The molecule has 0 bridgehead atoms. The first-order chi connectivity index (χ1) is 10.2. The number of rotatable bonds is 5. The van der Waals surface area contributed by atoms with Gasteiger partial charge < -0.3 is 10.4 Å². The Morgan fingerprint density at radius 2 is 2.00 bits per heavy atom. The van der Waals surface area contributed by atoms with Gasteiger partial charge in [0.1, 0.15) is 0 Å². The lowest BCUT2D eigenvalue weighted by atomic mass is 10.1. The Kier molecular flexibility index (Phi) is 3.83. The van der Waals surface area contributed by atoms with E-state index in [0.29, 0.717) is 5.95 Å². The van der Waals surface area contributed by atoms with Crippen molar-refractivity contribution in [2.45, 2.75) is 19.4 Å². The van der Waals surface area contributed by atoms with Crippen LogP contribution in [0.5, 0.6) is 0 Å². The summed E-state index contributed by atoms with van der Waals surface area (Å²) in [6.45, 7) is 2.05. The van der Waals surface area contributed by atoms with Crippen molar-refractivity contribution in [1.82, 2.24) is 14.6 Å². The highest BCUT2D eigenvalue weighted by Crippen LogP contribution is 2.10. The Bertz CT molecular complexity index is 723. The van der Waals surface area contributed by atoms with Crippen LogP contribution in [0.3, 0.4) is 0 Å². The molecule has 5 heteroatoms. The maximum Gasteiger partial charge on any atom is 0.243 e. The van der Waals surface area contributed by atoms with Crippen LogP contribution in [0, 0.1) is 6.92 Å². The molecule has 0 spiro atoms. The molecule has 2 N–H and O–H groups in total. The zero-order valence-corrected chi connectivity index (χ0v) is 11.9. The Morgan fingerprint density at radius 3 is 2.76 bits per heavy atom. The van der Waals surface area contributed by atoms with Crippen LogP contribution in [-0.4, -0.2) is 32.4 Å². The van der Waals surface area contributed by atoms with E-state index in [1.807, 2.05) is 55.6 Å². The fourth-order valence-electron chi connectivity index (χ4n) is 2.29. The minimum Gasteiger partial charge on any atom is -0.394 e. The molecular weight excluding hydrogens is 264 g/mol. The fraction of sp³-hybridized carbons (Fsp3) is 0.250. The molecule has 5 nitrogen and oxygen atoms in total. The Labute approximate surface area is 123 Å². The number of aliphatic hydroxyl groups is 1. The smallest absolute Gasteiger partial charge is 0.243 e. The van der Waals surface area contributed by atoms with Gasteiger partial charge in [-0.15, -0.1) is 5.10 Å². The molecule has 2 aromatic heterocycles. The van der Waals surface area contributed by atoms with Crippen LogP contribution in [0.25, 0.3) is 5.65 Å². The molecule has 0 radical (unpaired) electrons. The zero-order chi connectivity index (χ0) is 14.7. The van der Waals surface area contributed by atoms with Gasteiger partial charge in [0.2, 0.25) is 5.95 Å². The SMILES string of the molecule is Cc1ccc2nc(NC(CO)Cc3ccccc3)nn2c1. The van der Waals surface area contributed by atoms with Crippen molar-refractivity contribution in [3.8, 4) is 0 Å². The Hall–Kier alpha value is -2.40. The molecule has 0 aliphatic rings. The number of aryl methyl sites for hydroxylation is 1. The maximum absolute atomic E-state index is 9.54. The molecule has 2 heterocycles. The summed E-state index contributed by atoms with van der Waals surface area (Å²) < 4.78 is 1.74. The third-order valence-corrected chi connectivity index (χ3v) is 3.36. The van der Waals surface area contributed by atoms with Gasteiger partial charge >= 0.3 is 0 Å². The van der Waals surface area contributed by atoms with E-state index in [1.54, 1.807) is 4.52 Å². The van der Waals surface area contributed by atoms with Crippen LogP contribution in [0.2, 0.25) is 0 Å². The number of pyridine rings is 1. The number of anilines is 1. The number of nitrogens with one attached hydrogen (secondary N) is 1. The van der Waals surface area contributed by atoms with Crippen LogP contribution < -0.4 is 5.32 Å². The van der Waals surface area contributed by atoms with Crippen molar-refractivity contribution < 1.29 is 5.11 Å². The minimum absolute atomic E-state index is 0.0312. The second-order valence-corrected chi connectivity index (χ2v) is 5.16. The van der Waals surface area contributed by atoms with E-state index in [2.05, 4.69) is 15.4 Å². The second kappa shape index (κ2) is 5.93. The number of aliphatic hydroxyl groups excluding tert-OH is 1. The van der Waals surface area contributed by atoms with Gasteiger partial charge in [0.25, 0.3) is 0 Å². The molecule has 1 atom stereocenters. The lowest BCUT2D eigenvalue weighted by molar-refractivity contribution is 0.273. The quantitative estimate of drug-likeness (QED) is 0.752. The third-order valence-electron chi connectivity index (χ3n) is 3.36. The van der Waals surface area contributed by atoms with Crippen LogP contribution in [0.15, 0.2) is 48.7 Å². The lowest BCUT2D eigenvalue weighted by Crippen LogP contribution is -2.27. The molecule has 3 rings (SSSR count). The van der Waals surface area contributed by atoms with Crippen LogP contribution in [0.4, 0.5) is 5.95 Å². The molecule has 3 aromatic rings. The summed E-state index contributed by atoms with van der Waals surface area (Å²) in [7, 11) is 0. The maximum atomic E-state index is 9.54. The molecule has 0 aliphatic carbocycles. The van der Waals surface area contributed by atoms with Gasteiger partial charge in [0, 0.05) is 6.20 Å². The van der Waals surface area contributed by atoms with Crippen LogP contribution in [-0.2, 0) is 6.42 Å². The van der Waals surface area contributed by atoms with Gasteiger partial charge in [-0.05, 0) is 30.5 Å². The number of fused-ring (bicyclic) bond motifs is 1. The van der Waals surface area contributed by atoms with Crippen molar-refractivity contribution in [2.24, 2.45) is 0 Å². The normalized spacial score (nSPS) is 12.5. The standard InChI is InChI=1S/C16H18N4O/c1-12-7-8-15-18-16(19-20(15)10-12)17-14(11-21)9-13-5-3-2-4-6-13/h2-8,10,14,21H,9,11H2,1H3,(H,17,19). The van der Waals surface area contributed by atoms with Crippen molar-refractivity contribution >= 4 is 11.6 Å². The summed E-state index contributed by atoms with van der Waals surface area (Å²) in [6, 6.07) is 13.9. The van der Waals surface area contributed by atoms with E-state index < -0.39 is 0 Å². The largest absolute Gasteiger partial charge is 0.394 e. The monoisotopic (exact) mass is 282 g/mol. The predicted molar refractivity (Wildman–Crippen MR) is 82.4 cm³/mol. The summed E-state index contributed by atoms with van der Waals surface area (Å²) in [5.41, 5.74) is 3.09. The minimum atomic E-state index is -0.106. The van der Waals surface area contributed by atoms with Gasteiger partial charge in [0.05, 0.1) is 12.6 Å². The van der Waals surface area contributed by atoms with Gasteiger partial charge in [-0.25, -0.2) is 4.52 Å². The summed E-state index contributed by atoms with van der Waals surface area (Å²) in [4.78, 5) is 4.41. The molecule has 0 aliphatic heterocycles. The molecule has 108 valence electrons. The summed E-state index contributed by atoms with van der Waals surface area (Å²) in [5.74, 6) is 0.538. The van der Waals surface area contributed by atoms with Crippen molar-refractivity contribution in [1.29, 1.82) is 0 Å². The van der Waals surface area contributed by atoms with E-state index in [0.717, 1.165) is 17.6 Å². The summed E-state index contributed by atoms with van der Waals surface area (Å²) >= 11 is 0. The molecule has 0 saturated heterocycles. The van der Waals surface area contributed by atoms with Crippen LogP contribution >= 0.6 is 0 Å². The van der Waals surface area contributed by atoms with Crippen molar-refractivity contribution in [3.63, 3.8) is 0 Å². The third kappa shape index (κ3) is 3.20. The van der Waals surface area contributed by atoms with Gasteiger partial charge in [-0.1, -0.05) is 36.4 Å². The number of hydrogen-bond acceptors (Lipinski definition) is 4. The molecule has 0 saturated carbocycles. The number of nitrogens with zero attached hydrogens (tertiary/aromatic N) is 3. The van der Waals surface area contributed by atoms with Crippen molar-refractivity contribution in [3.05, 3.63) is 59.8 Å². The predicted octanol–water partition coefficient (Wildman–Crippen LogP) is 2.05. The van der Waals surface area contributed by atoms with Crippen molar-refractivity contribution in [2.75, 3.05) is 11.9 Å². The second-order valence-electron chi connectivity index (χ2n) is 5.16. The van der Waals surface area contributed by atoms with Gasteiger partial charge in [-0.3, -0.25) is 0 Å². The molecule has 1 unspecified atom stereocenters. The first kappa shape index (κ1) is 13.6. The molecule has 1 aromatic carbocycles. The van der Waals surface area contributed by atoms with E-state index in [4.69, 9.17) is 0 Å². The highest BCUT2D eigenvalue weighted by Gasteiger charge is 2.11. The Balaban J connectivity index is 1.76. The van der Waals surface area contributed by atoms with Gasteiger partial charge in [-0.2, -0.15) is 4.98 Å². The molecule has 0 amide bonds. The number of benzene rings is 1. The Morgan fingerprint density at radius 1 is 1.19 bits per heavy atom. The van der Waals surface area contributed by atoms with E-state index >= 15 is 0 Å². The highest BCUT2D eigenvalue weighted by molar-refractivity contribution is 5.44. The zero-order valence-electron chi connectivity index (χ0n) is 11.9. The van der Waals surface area contributed by atoms with E-state index in [9.17, 15) is 5.11 Å². The highest BCUT2D eigenvalue weighted by atomic mass is 16.3. The first-order valence-corrected chi connectivity index (χ1v) is 6.99. The van der Waals surface area contributed by atoms with E-state index in [1.165, 1.54) is 5.56 Å². The van der Waals surface area contributed by atoms with Crippen LogP contribution in [0.1, 0.15) is 11.1 Å². The fourth-order valence-corrected chi connectivity index (χ4v) is 2.29. The van der Waals surface area contributed by atoms with E-state index in [-0.39, 0.29) is 12.6 Å². The molecule has 0 fully saturated rings. The average molecular weight is 282 g/mol.